The van der Waals surface area contributed by atoms with E-state index in [2.05, 4.69) is 0 Å². The second-order valence-electron chi connectivity index (χ2n) is 4.51. The average Bonchev–Trinajstić information content (AvgIpc) is 2.46. The molecule has 0 bridgehead atoms. The Morgan fingerprint density at radius 3 is 2.00 bits per heavy atom. The Bertz CT molecular complexity index is 862. The molecule has 0 aromatic heterocycles. The smallest absolute Gasteiger partial charge is 0.398 e. The van der Waals surface area contributed by atoms with Gasteiger partial charge in [0.1, 0.15) is 0 Å². The molecule has 0 spiro atoms. The van der Waals surface area contributed by atoms with Crippen molar-refractivity contribution in [3.8, 4) is 11.1 Å². The van der Waals surface area contributed by atoms with Gasteiger partial charge in [0.15, 0.2) is 0 Å². The SMILES string of the molecule is Nc1ccc(-c2ccc([N+](=O)[O-])cc2)cc1S(=O)(=O)C(F)(F)F. The highest BCUT2D eigenvalue weighted by Gasteiger charge is 2.47. The van der Waals surface area contributed by atoms with E-state index in [1.165, 1.54) is 18.2 Å². The van der Waals surface area contributed by atoms with Crippen molar-refractivity contribution in [1.29, 1.82) is 0 Å². The first-order valence-corrected chi connectivity index (χ1v) is 7.48. The second-order valence-corrected chi connectivity index (χ2v) is 6.42. The Kier molecular flexibility index (Phi) is 4.03. The Balaban J connectivity index is 2.55. The lowest BCUT2D eigenvalue weighted by atomic mass is 10.1. The van der Waals surface area contributed by atoms with Crippen molar-refractivity contribution in [3.05, 3.63) is 52.6 Å². The van der Waals surface area contributed by atoms with Gasteiger partial charge < -0.3 is 5.73 Å². The van der Waals surface area contributed by atoms with Crippen molar-refractivity contribution >= 4 is 21.2 Å². The lowest BCUT2D eigenvalue weighted by Gasteiger charge is -2.12. The van der Waals surface area contributed by atoms with E-state index in [9.17, 15) is 31.7 Å². The fraction of sp³-hybridized carbons (Fsp3) is 0.0769. The molecule has 0 unspecified atom stereocenters. The van der Waals surface area contributed by atoms with E-state index in [0.717, 1.165) is 24.3 Å². The van der Waals surface area contributed by atoms with Gasteiger partial charge >= 0.3 is 5.51 Å². The lowest BCUT2D eigenvalue weighted by molar-refractivity contribution is -0.384. The van der Waals surface area contributed by atoms with E-state index >= 15 is 0 Å². The molecular formula is C13H9F3N2O4S. The molecule has 0 aliphatic rings. The van der Waals surface area contributed by atoms with Gasteiger partial charge in [-0.1, -0.05) is 6.07 Å². The van der Waals surface area contributed by atoms with Gasteiger partial charge in [-0.25, -0.2) is 8.42 Å². The zero-order valence-corrected chi connectivity index (χ0v) is 12.1. The predicted octanol–water partition coefficient (Wildman–Crippen LogP) is 3.14. The summed E-state index contributed by atoms with van der Waals surface area (Å²) in [7, 11) is -5.59. The highest BCUT2D eigenvalue weighted by molar-refractivity contribution is 7.92. The minimum atomic E-state index is -5.59. The van der Waals surface area contributed by atoms with E-state index in [1.807, 2.05) is 0 Å². The minimum Gasteiger partial charge on any atom is -0.398 e. The fourth-order valence-corrected chi connectivity index (χ4v) is 2.76. The van der Waals surface area contributed by atoms with E-state index in [1.54, 1.807) is 0 Å². The van der Waals surface area contributed by atoms with Crippen molar-refractivity contribution in [2.75, 3.05) is 5.73 Å². The van der Waals surface area contributed by atoms with E-state index in [0.29, 0.717) is 5.56 Å². The predicted molar refractivity (Wildman–Crippen MR) is 76.2 cm³/mol. The first kappa shape index (κ1) is 16.7. The van der Waals surface area contributed by atoms with Crippen LogP contribution < -0.4 is 5.73 Å². The number of anilines is 1. The molecule has 122 valence electrons. The molecular weight excluding hydrogens is 337 g/mol. The van der Waals surface area contributed by atoms with Crippen LogP contribution >= 0.6 is 0 Å². The summed E-state index contributed by atoms with van der Waals surface area (Å²) in [6.07, 6.45) is 0. The lowest BCUT2D eigenvalue weighted by Crippen LogP contribution is -2.24. The van der Waals surface area contributed by atoms with Gasteiger partial charge in [-0.15, -0.1) is 0 Å². The van der Waals surface area contributed by atoms with Crippen LogP contribution in [0.3, 0.4) is 0 Å². The van der Waals surface area contributed by atoms with Gasteiger partial charge in [-0.05, 0) is 35.4 Å². The average molecular weight is 346 g/mol. The summed E-state index contributed by atoms with van der Waals surface area (Å²) in [6.45, 7) is 0. The zero-order valence-electron chi connectivity index (χ0n) is 11.2. The molecule has 0 saturated carbocycles. The van der Waals surface area contributed by atoms with Gasteiger partial charge in [0, 0.05) is 12.1 Å². The first-order chi connectivity index (χ1) is 10.5. The van der Waals surface area contributed by atoms with Gasteiger partial charge in [-0.2, -0.15) is 13.2 Å². The van der Waals surface area contributed by atoms with Crippen LogP contribution in [0, 0.1) is 10.1 Å². The number of alkyl halides is 3. The van der Waals surface area contributed by atoms with Crippen molar-refractivity contribution in [2.45, 2.75) is 10.4 Å². The Morgan fingerprint density at radius 2 is 1.52 bits per heavy atom. The highest BCUT2D eigenvalue weighted by atomic mass is 32.2. The Labute approximate surface area is 128 Å². The quantitative estimate of drug-likeness (QED) is 0.522. The molecule has 0 radical (unpaired) electrons. The number of sulfone groups is 1. The molecule has 0 aliphatic carbocycles. The molecule has 0 atom stereocenters. The molecule has 0 fully saturated rings. The normalized spacial score (nSPS) is 12.1. The van der Waals surface area contributed by atoms with Crippen LogP contribution in [0.4, 0.5) is 24.5 Å². The van der Waals surface area contributed by atoms with Crippen molar-refractivity contribution in [1.82, 2.24) is 0 Å². The molecule has 6 nitrogen and oxygen atoms in total. The maximum absolute atomic E-state index is 12.7. The van der Waals surface area contributed by atoms with Crippen molar-refractivity contribution in [3.63, 3.8) is 0 Å². The molecule has 10 heteroatoms. The number of nitro benzene ring substituents is 1. The second kappa shape index (κ2) is 5.54. The number of hydrogen-bond donors (Lipinski definition) is 1. The van der Waals surface area contributed by atoms with E-state index in [4.69, 9.17) is 5.73 Å². The molecule has 2 aromatic rings. The van der Waals surface area contributed by atoms with Gasteiger partial charge in [-0.3, -0.25) is 10.1 Å². The van der Waals surface area contributed by atoms with Crippen molar-refractivity contribution in [2.24, 2.45) is 0 Å². The largest absolute Gasteiger partial charge is 0.501 e. The third kappa shape index (κ3) is 3.11. The fourth-order valence-electron chi connectivity index (χ4n) is 1.85. The third-order valence-electron chi connectivity index (χ3n) is 3.02. The first-order valence-electron chi connectivity index (χ1n) is 6.00. The van der Waals surface area contributed by atoms with Crippen LogP contribution in [-0.4, -0.2) is 18.8 Å². The van der Waals surface area contributed by atoms with Gasteiger partial charge in [0.05, 0.1) is 15.5 Å². The van der Waals surface area contributed by atoms with Gasteiger partial charge in [0.25, 0.3) is 15.5 Å². The number of nitrogen functional groups attached to an aromatic ring is 1. The number of benzene rings is 2. The van der Waals surface area contributed by atoms with Crippen molar-refractivity contribution < 1.29 is 26.5 Å². The molecule has 0 heterocycles. The summed E-state index contributed by atoms with van der Waals surface area (Å²) in [4.78, 5) is 8.89. The summed E-state index contributed by atoms with van der Waals surface area (Å²) in [5, 5.41) is 10.6. The third-order valence-corrected chi connectivity index (χ3v) is 4.56. The maximum Gasteiger partial charge on any atom is 0.501 e. The summed E-state index contributed by atoms with van der Waals surface area (Å²) < 4.78 is 61.0. The molecule has 0 saturated heterocycles. The number of non-ortho nitro benzene ring substituents is 1. The Hall–Kier alpha value is -2.62. The highest BCUT2D eigenvalue weighted by Crippen LogP contribution is 2.35. The van der Waals surface area contributed by atoms with Crippen LogP contribution in [0.15, 0.2) is 47.4 Å². The van der Waals surface area contributed by atoms with Crippen LogP contribution in [0.2, 0.25) is 0 Å². The molecule has 23 heavy (non-hydrogen) atoms. The number of rotatable bonds is 3. The number of hydrogen-bond acceptors (Lipinski definition) is 5. The van der Waals surface area contributed by atoms with E-state index in [-0.39, 0.29) is 11.3 Å². The monoisotopic (exact) mass is 346 g/mol. The van der Waals surface area contributed by atoms with Crippen LogP contribution in [0.25, 0.3) is 11.1 Å². The molecule has 0 aliphatic heterocycles. The summed E-state index contributed by atoms with van der Waals surface area (Å²) >= 11 is 0. The van der Waals surface area contributed by atoms with Crippen LogP contribution in [0.5, 0.6) is 0 Å². The number of nitrogens with zero attached hydrogens (tertiary/aromatic N) is 1. The molecule has 0 amide bonds. The molecule has 2 N–H and O–H groups in total. The summed E-state index contributed by atoms with van der Waals surface area (Å²) in [6, 6.07) is 8.06. The molecule has 2 aromatic carbocycles. The minimum absolute atomic E-state index is 0.136. The number of nitrogens with two attached hydrogens (primary N) is 1. The standard InChI is InChI=1S/C13H9F3N2O4S/c14-13(15,16)23(21,22)12-7-9(3-6-11(12)17)8-1-4-10(5-2-8)18(19)20/h1-7H,17H2. The summed E-state index contributed by atoms with van der Waals surface area (Å²) in [5.74, 6) is 0. The van der Waals surface area contributed by atoms with Gasteiger partial charge in [0.2, 0.25) is 0 Å². The zero-order chi connectivity index (χ0) is 17.4. The van der Waals surface area contributed by atoms with E-state index < -0.39 is 30.9 Å². The molecule has 2 rings (SSSR count). The summed E-state index contributed by atoms with van der Waals surface area (Å²) in [5.41, 5.74) is -0.417. The number of nitro groups is 1. The maximum atomic E-state index is 12.7. The number of halogens is 3. The topological polar surface area (TPSA) is 103 Å². The Morgan fingerprint density at radius 1 is 1.00 bits per heavy atom. The van der Waals surface area contributed by atoms with Crippen LogP contribution in [-0.2, 0) is 9.84 Å². The van der Waals surface area contributed by atoms with Crippen LogP contribution in [0.1, 0.15) is 0 Å².